The van der Waals surface area contributed by atoms with Crippen molar-refractivity contribution >= 4 is 38.9 Å². The third kappa shape index (κ3) is 4.30. The molecule has 1 heterocycles. The maximum Gasteiger partial charge on any atom is 0.171 e. The third-order valence-electron chi connectivity index (χ3n) is 4.11. The van der Waals surface area contributed by atoms with Gasteiger partial charge in [0.25, 0.3) is 0 Å². The van der Waals surface area contributed by atoms with Gasteiger partial charge < -0.3 is 15.4 Å². The molecule has 1 aliphatic rings. The molecular weight excluding hydrogens is 403 g/mol. The van der Waals surface area contributed by atoms with E-state index in [1.165, 1.54) is 6.07 Å². The summed E-state index contributed by atoms with van der Waals surface area (Å²) in [5, 5.41) is 6.64. The lowest BCUT2D eigenvalue weighted by molar-refractivity contribution is 0.0696. The van der Waals surface area contributed by atoms with Gasteiger partial charge in [-0.3, -0.25) is 0 Å². The van der Waals surface area contributed by atoms with E-state index >= 15 is 0 Å². The lowest BCUT2D eigenvalue weighted by atomic mass is 9.89. The van der Waals surface area contributed by atoms with E-state index in [-0.39, 0.29) is 17.5 Å². The largest absolute Gasteiger partial charge is 0.487 e. The molecule has 0 spiro atoms. The first-order valence-electron chi connectivity index (χ1n) is 8.06. The van der Waals surface area contributed by atoms with Crippen molar-refractivity contribution in [3.05, 3.63) is 57.8 Å². The molecule has 3 rings (SSSR count). The van der Waals surface area contributed by atoms with Gasteiger partial charge in [0.2, 0.25) is 0 Å². The molecule has 2 aromatic carbocycles. The molecule has 1 atom stereocenters. The molecular formula is C19H20BrFN2OS. The second kappa shape index (κ2) is 6.92. The molecule has 132 valence electrons. The van der Waals surface area contributed by atoms with Crippen LogP contribution in [0.25, 0.3) is 0 Å². The highest BCUT2D eigenvalue weighted by atomic mass is 79.9. The molecule has 0 aromatic heterocycles. The maximum absolute atomic E-state index is 14.0. The second-order valence-corrected chi connectivity index (χ2v) is 8.21. The highest BCUT2D eigenvalue weighted by Crippen LogP contribution is 2.39. The third-order valence-corrected chi connectivity index (χ3v) is 4.82. The topological polar surface area (TPSA) is 33.3 Å². The van der Waals surface area contributed by atoms with E-state index in [2.05, 4.69) is 46.5 Å². The van der Waals surface area contributed by atoms with Crippen LogP contribution in [0.4, 0.5) is 10.1 Å². The molecule has 0 aliphatic carbocycles. The average molecular weight is 423 g/mol. The normalized spacial score (nSPS) is 18.0. The van der Waals surface area contributed by atoms with Crippen molar-refractivity contribution in [2.45, 2.75) is 38.8 Å². The predicted octanol–water partition coefficient (Wildman–Crippen LogP) is 5.49. The van der Waals surface area contributed by atoms with Gasteiger partial charge in [-0.1, -0.05) is 33.6 Å². The lowest BCUT2D eigenvalue weighted by Crippen LogP contribution is -2.42. The lowest BCUT2D eigenvalue weighted by Gasteiger charge is -2.38. The fraction of sp³-hybridized carbons (Fsp3) is 0.316. The van der Waals surface area contributed by atoms with Crippen LogP contribution in [-0.4, -0.2) is 10.7 Å². The van der Waals surface area contributed by atoms with Crippen molar-refractivity contribution in [3.8, 4) is 5.75 Å². The van der Waals surface area contributed by atoms with Crippen LogP contribution in [0.1, 0.15) is 37.4 Å². The number of aryl methyl sites for hydroxylation is 1. The van der Waals surface area contributed by atoms with E-state index in [0.29, 0.717) is 15.3 Å². The van der Waals surface area contributed by atoms with E-state index in [1.807, 2.05) is 19.1 Å². The SMILES string of the molecule is Cc1ccc2c(c1)[C@H](NC(=S)Nc1ccc(Br)cc1F)CC(C)(C)O2. The molecule has 0 amide bonds. The number of thiocarbonyl (C=S) groups is 1. The Morgan fingerprint density at radius 2 is 2.04 bits per heavy atom. The first kappa shape index (κ1) is 18.1. The van der Waals surface area contributed by atoms with Gasteiger partial charge in [-0.05, 0) is 57.3 Å². The zero-order chi connectivity index (χ0) is 18.2. The van der Waals surface area contributed by atoms with Crippen LogP contribution in [-0.2, 0) is 0 Å². The van der Waals surface area contributed by atoms with Gasteiger partial charge in [0.15, 0.2) is 5.11 Å². The van der Waals surface area contributed by atoms with Crippen LogP contribution in [0.2, 0.25) is 0 Å². The molecule has 0 unspecified atom stereocenters. The molecule has 0 fully saturated rings. The van der Waals surface area contributed by atoms with E-state index in [4.69, 9.17) is 17.0 Å². The van der Waals surface area contributed by atoms with E-state index in [1.54, 1.807) is 12.1 Å². The maximum atomic E-state index is 14.0. The van der Waals surface area contributed by atoms with Crippen LogP contribution < -0.4 is 15.4 Å². The van der Waals surface area contributed by atoms with Gasteiger partial charge in [-0.15, -0.1) is 0 Å². The molecule has 3 nitrogen and oxygen atoms in total. The number of ether oxygens (including phenoxy) is 1. The Labute approximate surface area is 161 Å². The summed E-state index contributed by atoms with van der Waals surface area (Å²) in [5.41, 5.74) is 2.27. The van der Waals surface area contributed by atoms with Crippen molar-refractivity contribution in [1.29, 1.82) is 0 Å². The van der Waals surface area contributed by atoms with Crippen LogP contribution in [0, 0.1) is 12.7 Å². The van der Waals surface area contributed by atoms with Gasteiger partial charge in [-0.25, -0.2) is 4.39 Å². The summed E-state index contributed by atoms with van der Waals surface area (Å²) >= 11 is 8.65. The Morgan fingerprint density at radius 3 is 2.76 bits per heavy atom. The van der Waals surface area contributed by atoms with Gasteiger partial charge in [0.05, 0.1) is 11.7 Å². The molecule has 0 saturated heterocycles. The molecule has 6 heteroatoms. The summed E-state index contributed by atoms with van der Waals surface area (Å²) in [6.45, 7) is 6.15. The summed E-state index contributed by atoms with van der Waals surface area (Å²) in [4.78, 5) is 0. The number of hydrogen-bond donors (Lipinski definition) is 2. The molecule has 0 bridgehead atoms. The number of anilines is 1. The highest BCUT2D eigenvalue weighted by Gasteiger charge is 2.34. The highest BCUT2D eigenvalue weighted by molar-refractivity contribution is 9.10. The van der Waals surface area contributed by atoms with Crippen LogP contribution in [0.3, 0.4) is 0 Å². The smallest absolute Gasteiger partial charge is 0.171 e. The van der Waals surface area contributed by atoms with Gasteiger partial charge in [0.1, 0.15) is 17.2 Å². The minimum absolute atomic E-state index is 0.00263. The average Bonchev–Trinajstić information content (AvgIpc) is 2.50. The van der Waals surface area contributed by atoms with Crippen LogP contribution in [0.5, 0.6) is 5.75 Å². The predicted molar refractivity (Wildman–Crippen MR) is 107 cm³/mol. The van der Waals surface area contributed by atoms with Gasteiger partial charge >= 0.3 is 0 Å². The quantitative estimate of drug-likeness (QED) is 0.627. The molecule has 1 aliphatic heterocycles. The van der Waals surface area contributed by atoms with E-state index in [9.17, 15) is 4.39 Å². The number of hydrogen-bond acceptors (Lipinski definition) is 2. The number of fused-ring (bicyclic) bond motifs is 1. The van der Waals surface area contributed by atoms with Gasteiger partial charge in [-0.2, -0.15) is 0 Å². The standard InChI is InChI=1S/C19H20BrFN2OS/c1-11-4-7-17-13(8-11)16(10-19(2,3)24-17)23-18(25)22-15-6-5-12(20)9-14(15)21/h4-9,16H,10H2,1-3H3,(H2,22,23,25)/t16-/m1/s1. The molecule has 2 N–H and O–H groups in total. The number of nitrogens with one attached hydrogen (secondary N) is 2. The molecule has 2 aromatic rings. The first-order chi connectivity index (χ1) is 11.7. The zero-order valence-electron chi connectivity index (χ0n) is 14.3. The fourth-order valence-electron chi connectivity index (χ4n) is 3.01. The zero-order valence-corrected chi connectivity index (χ0v) is 16.7. The van der Waals surface area contributed by atoms with Crippen LogP contribution in [0.15, 0.2) is 40.9 Å². The number of benzene rings is 2. The Bertz CT molecular complexity index is 825. The summed E-state index contributed by atoms with van der Waals surface area (Å²) < 4.78 is 20.8. The Hall–Kier alpha value is -1.66. The Balaban J connectivity index is 1.80. The van der Waals surface area contributed by atoms with E-state index in [0.717, 1.165) is 23.3 Å². The Kier molecular flexibility index (Phi) is 5.02. The molecule has 0 saturated carbocycles. The fourth-order valence-corrected chi connectivity index (χ4v) is 3.60. The van der Waals surface area contributed by atoms with Gasteiger partial charge in [0, 0.05) is 16.5 Å². The number of rotatable bonds is 2. The molecule has 25 heavy (non-hydrogen) atoms. The summed E-state index contributed by atoms with van der Waals surface area (Å²) in [5.74, 6) is 0.499. The molecule has 0 radical (unpaired) electrons. The van der Waals surface area contributed by atoms with Crippen LogP contribution >= 0.6 is 28.1 Å². The Morgan fingerprint density at radius 1 is 1.28 bits per heavy atom. The summed E-state index contributed by atoms with van der Waals surface area (Å²) in [6.07, 6.45) is 0.758. The number of halogens is 2. The van der Waals surface area contributed by atoms with Crippen molar-refractivity contribution in [2.24, 2.45) is 0 Å². The van der Waals surface area contributed by atoms with E-state index < -0.39 is 0 Å². The second-order valence-electron chi connectivity index (χ2n) is 6.88. The summed E-state index contributed by atoms with van der Waals surface area (Å²) in [6, 6.07) is 10.9. The van der Waals surface area contributed by atoms with Crippen molar-refractivity contribution in [3.63, 3.8) is 0 Å². The monoisotopic (exact) mass is 422 g/mol. The van der Waals surface area contributed by atoms with Crippen molar-refractivity contribution < 1.29 is 9.13 Å². The van der Waals surface area contributed by atoms with Crippen molar-refractivity contribution in [2.75, 3.05) is 5.32 Å². The minimum Gasteiger partial charge on any atom is -0.487 e. The summed E-state index contributed by atoms with van der Waals surface area (Å²) in [7, 11) is 0. The first-order valence-corrected chi connectivity index (χ1v) is 9.26. The minimum atomic E-state index is -0.359. The van der Waals surface area contributed by atoms with Crippen molar-refractivity contribution in [1.82, 2.24) is 5.32 Å².